The van der Waals surface area contributed by atoms with Crippen LogP contribution in [-0.4, -0.2) is 18.1 Å². The Hall–Kier alpha value is -2.52. The van der Waals surface area contributed by atoms with Crippen LogP contribution in [-0.2, 0) is 0 Å². The van der Waals surface area contributed by atoms with Crippen LogP contribution in [0, 0.1) is 10.5 Å². The smallest absolute Gasteiger partial charge is 0.343 e. The van der Waals surface area contributed by atoms with Crippen molar-refractivity contribution in [2.45, 2.75) is 6.92 Å². The van der Waals surface area contributed by atoms with Crippen LogP contribution in [0.3, 0.4) is 0 Å². The van der Waals surface area contributed by atoms with E-state index in [0.717, 1.165) is 13.6 Å². The SMILES string of the molecule is Cc1ccccc1C(=O)Oc1ccc(Br)cc1C=NNC(=O)c1ccccc1I. The van der Waals surface area contributed by atoms with Gasteiger partial charge in [0.1, 0.15) is 5.75 Å². The van der Waals surface area contributed by atoms with Gasteiger partial charge in [0.2, 0.25) is 0 Å². The molecule has 0 aliphatic carbocycles. The van der Waals surface area contributed by atoms with Crippen molar-refractivity contribution in [3.63, 3.8) is 0 Å². The van der Waals surface area contributed by atoms with Gasteiger partial charge in [-0.05, 0) is 71.5 Å². The molecule has 0 fully saturated rings. The van der Waals surface area contributed by atoms with Gasteiger partial charge in [-0.2, -0.15) is 5.10 Å². The lowest BCUT2D eigenvalue weighted by Gasteiger charge is -2.09. The number of esters is 1. The standard InChI is InChI=1S/C22H16BrIN2O3/c1-14-6-2-3-7-17(14)22(28)29-20-11-10-16(23)12-15(20)13-25-26-21(27)18-8-4-5-9-19(18)24/h2-13H,1H3,(H,26,27). The number of nitrogens with zero attached hydrogens (tertiary/aromatic N) is 1. The van der Waals surface area contributed by atoms with E-state index in [1.54, 1.807) is 42.5 Å². The molecule has 0 spiro atoms. The van der Waals surface area contributed by atoms with Gasteiger partial charge in [0.25, 0.3) is 5.91 Å². The first-order valence-electron chi connectivity index (χ1n) is 8.61. The van der Waals surface area contributed by atoms with Crippen molar-refractivity contribution < 1.29 is 14.3 Å². The molecule has 3 aromatic rings. The van der Waals surface area contributed by atoms with E-state index < -0.39 is 5.97 Å². The summed E-state index contributed by atoms with van der Waals surface area (Å²) in [5.74, 6) is -0.434. The second kappa shape index (κ2) is 9.80. The van der Waals surface area contributed by atoms with Crippen molar-refractivity contribution in [3.8, 4) is 5.75 Å². The monoisotopic (exact) mass is 562 g/mol. The van der Waals surface area contributed by atoms with Crippen LogP contribution in [0.15, 0.2) is 76.3 Å². The molecule has 1 amide bonds. The van der Waals surface area contributed by atoms with Crippen molar-refractivity contribution in [1.29, 1.82) is 0 Å². The van der Waals surface area contributed by atoms with Crippen LogP contribution in [0.2, 0.25) is 0 Å². The number of rotatable bonds is 5. The summed E-state index contributed by atoms with van der Waals surface area (Å²) in [5.41, 5.74) is 4.90. The minimum atomic E-state index is -0.456. The number of hydrazone groups is 1. The van der Waals surface area contributed by atoms with Crippen LogP contribution in [0.5, 0.6) is 5.75 Å². The second-order valence-electron chi connectivity index (χ2n) is 6.07. The molecule has 0 heterocycles. The first kappa shape index (κ1) is 21.2. The van der Waals surface area contributed by atoms with E-state index in [2.05, 4.69) is 49.0 Å². The number of amides is 1. The van der Waals surface area contributed by atoms with Gasteiger partial charge in [-0.1, -0.05) is 46.3 Å². The lowest BCUT2D eigenvalue weighted by molar-refractivity contribution is 0.0733. The second-order valence-corrected chi connectivity index (χ2v) is 8.14. The van der Waals surface area contributed by atoms with Crippen LogP contribution < -0.4 is 10.2 Å². The number of carbonyl (C=O) groups is 2. The highest BCUT2D eigenvalue weighted by Gasteiger charge is 2.14. The maximum Gasteiger partial charge on any atom is 0.343 e. The van der Waals surface area contributed by atoms with Gasteiger partial charge in [0.15, 0.2) is 0 Å². The highest BCUT2D eigenvalue weighted by Crippen LogP contribution is 2.23. The van der Waals surface area contributed by atoms with Crippen molar-refractivity contribution in [3.05, 3.63) is 97.0 Å². The molecule has 0 bridgehead atoms. The maximum atomic E-state index is 12.5. The Bertz CT molecular complexity index is 1100. The molecule has 0 aliphatic rings. The van der Waals surface area contributed by atoms with E-state index >= 15 is 0 Å². The molecule has 0 aliphatic heterocycles. The lowest BCUT2D eigenvalue weighted by Crippen LogP contribution is -2.18. The summed E-state index contributed by atoms with van der Waals surface area (Å²) in [6.45, 7) is 1.85. The lowest BCUT2D eigenvalue weighted by atomic mass is 10.1. The number of carbonyl (C=O) groups excluding carboxylic acids is 2. The molecule has 0 saturated carbocycles. The molecule has 5 nitrogen and oxygen atoms in total. The summed E-state index contributed by atoms with van der Waals surface area (Å²) in [4.78, 5) is 24.8. The van der Waals surface area contributed by atoms with E-state index in [1.165, 1.54) is 6.21 Å². The predicted octanol–water partition coefficient (Wildman–Crippen LogP) is 5.35. The Kier molecular flexibility index (Phi) is 7.16. The van der Waals surface area contributed by atoms with Gasteiger partial charge in [0.05, 0.1) is 17.3 Å². The zero-order valence-corrected chi connectivity index (χ0v) is 19.1. The zero-order chi connectivity index (χ0) is 20.8. The van der Waals surface area contributed by atoms with Gasteiger partial charge in [-0.25, -0.2) is 10.2 Å². The molecule has 7 heteroatoms. The van der Waals surface area contributed by atoms with Crippen molar-refractivity contribution in [1.82, 2.24) is 5.43 Å². The molecule has 146 valence electrons. The van der Waals surface area contributed by atoms with E-state index in [1.807, 2.05) is 31.2 Å². The first-order valence-corrected chi connectivity index (χ1v) is 10.5. The van der Waals surface area contributed by atoms with Crippen LogP contribution in [0.4, 0.5) is 0 Å². The van der Waals surface area contributed by atoms with Gasteiger partial charge in [0, 0.05) is 13.6 Å². The number of benzene rings is 3. The minimum Gasteiger partial charge on any atom is -0.422 e. The average Bonchev–Trinajstić information content (AvgIpc) is 2.70. The molecule has 3 aromatic carbocycles. The molecule has 0 radical (unpaired) electrons. The number of hydrogen-bond donors (Lipinski definition) is 1. The van der Waals surface area contributed by atoms with Crippen LogP contribution >= 0.6 is 38.5 Å². The quantitative estimate of drug-likeness (QED) is 0.150. The number of nitrogens with one attached hydrogen (secondary N) is 1. The summed E-state index contributed by atoms with van der Waals surface area (Å²) in [6, 6.07) is 19.6. The fourth-order valence-corrected chi connectivity index (χ4v) is 3.55. The third kappa shape index (κ3) is 5.51. The van der Waals surface area contributed by atoms with Gasteiger partial charge in [-0.15, -0.1) is 0 Å². The summed E-state index contributed by atoms with van der Waals surface area (Å²) in [7, 11) is 0. The van der Waals surface area contributed by atoms with Crippen molar-refractivity contribution in [2.75, 3.05) is 0 Å². The van der Waals surface area contributed by atoms with Crippen molar-refractivity contribution in [2.24, 2.45) is 5.10 Å². The summed E-state index contributed by atoms with van der Waals surface area (Å²) < 4.78 is 7.18. The minimum absolute atomic E-state index is 0.320. The van der Waals surface area contributed by atoms with E-state index in [0.29, 0.717) is 22.4 Å². The Morgan fingerprint density at radius 3 is 2.45 bits per heavy atom. The highest BCUT2D eigenvalue weighted by molar-refractivity contribution is 14.1. The molecule has 0 atom stereocenters. The third-order valence-electron chi connectivity index (χ3n) is 4.03. The Morgan fingerprint density at radius 1 is 1.03 bits per heavy atom. The molecule has 29 heavy (non-hydrogen) atoms. The largest absolute Gasteiger partial charge is 0.422 e. The van der Waals surface area contributed by atoms with E-state index in [9.17, 15) is 9.59 Å². The molecular formula is C22H16BrIN2O3. The number of hydrogen-bond acceptors (Lipinski definition) is 4. The molecule has 1 N–H and O–H groups in total. The Labute approximate surface area is 190 Å². The third-order valence-corrected chi connectivity index (χ3v) is 5.46. The fourth-order valence-electron chi connectivity index (χ4n) is 2.54. The highest BCUT2D eigenvalue weighted by atomic mass is 127. The molecule has 0 saturated heterocycles. The van der Waals surface area contributed by atoms with Gasteiger partial charge < -0.3 is 4.74 Å². The first-order chi connectivity index (χ1) is 14.0. The average molecular weight is 563 g/mol. The number of ether oxygens (including phenoxy) is 1. The van der Waals surface area contributed by atoms with Gasteiger partial charge >= 0.3 is 5.97 Å². The molecule has 3 rings (SSSR count). The Morgan fingerprint density at radius 2 is 1.72 bits per heavy atom. The predicted molar refractivity (Wildman–Crippen MR) is 124 cm³/mol. The topological polar surface area (TPSA) is 67.8 Å². The number of aryl methyl sites for hydroxylation is 1. The zero-order valence-electron chi connectivity index (χ0n) is 15.4. The van der Waals surface area contributed by atoms with Gasteiger partial charge in [-0.3, -0.25) is 4.79 Å². The number of halogens is 2. The van der Waals surface area contributed by atoms with Crippen LogP contribution in [0.25, 0.3) is 0 Å². The fraction of sp³-hybridized carbons (Fsp3) is 0.0455. The summed E-state index contributed by atoms with van der Waals surface area (Å²) in [5, 5.41) is 4.02. The normalized spacial score (nSPS) is 10.7. The summed E-state index contributed by atoms with van der Waals surface area (Å²) >= 11 is 5.49. The van der Waals surface area contributed by atoms with Crippen molar-refractivity contribution >= 4 is 56.6 Å². The Balaban J connectivity index is 1.77. The van der Waals surface area contributed by atoms with Crippen LogP contribution in [0.1, 0.15) is 31.8 Å². The molecule has 0 unspecified atom stereocenters. The summed E-state index contributed by atoms with van der Waals surface area (Å²) in [6.07, 6.45) is 1.44. The van der Waals surface area contributed by atoms with E-state index in [-0.39, 0.29) is 5.91 Å². The molecule has 0 aromatic heterocycles. The molecular weight excluding hydrogens is 547 g/mol. The maximum absolute atomic E-state index is 12.5. The van der Waals surface area contributed by atoms with E-state index in [4.69, 9.17) is 4.74 Å².